The Morgan fingerprint density at radius 3 is 1.00 bits per heavy atom. The summed E-state index contributed by atoms with van der Waals surface area (Å²) in [6, 6.07) is 0. The minimum absolute atomic E-state index is 0. The third-order valence-corrected chi connectivity index (χ3v) is 0. The van der Waals surface area contributed by atoms with Gasteiger partial charge in [0, 0.05) is 0 Å². The molecule has 0 aromatic heterocycles. The zero-order valence-corrected chi connectivity index (χ0v) is 4.60. The molecule has 0 spiro atoms. The van der Waals surface area contributed by atoms with Crippen LogP contribution >= 0.6 is 0 Å². The van der Waals surface area contributed by atoms with Gasteiger partial charge in [0.2, 0.25) is 0 Å². The normalized spacial score (nSPS) is 12.3. The van der Waals surface area contributed by atoms with Crippen molar-refractivity contribution in [2.24, 2.45) is 0 Å². The van der Waals surface area contributed by atoms with Crippen molar-refractivity contribution < 1.29 is 50.2 Å². The summed E-state index contributed by atoms with van der Waals surface area (Å²) in [6.45, 7) is 0. The summed E-state index contributed by atoms with van der Waals surface area (Å²) < 4.78 is 43.1. The van der Waals surface area contributed by atoms with Crippen LogP contribution in [0.5, 0.6) is 0 Å². The molecule has 0 atom stereocenters. The summed E-state index contributed by atoms with van der Waals surface area (Å²) in [6.07, 6.45) is 0. The molecule has 0 aromatic carbocycles. The zero-order chi connectivity index (χ0) is 5.45. The molecular weight excluding hydrogens is 142 g/mol. The molecule has 0 bridgehead atoms. The van der Waals surface area contributed by atoms with Crippen LogP contribution in [0.3, 0.4) is 0 Å². The van der Waals surface area contributed by atoms with Gasteiger partial charge in [-0.05, 0) is 0 Å². The van der Waals surface area contributed by atoms with Gasteiger partial charge < -0.3 is 0 Å². The predicted molar refractivity (Wildman–Crippen MR) is 2.75 cm³/mol. The fraction of sp³-hybridized carbons (Fsp3) is 0. The Balaban J connectivity index is 0. The summed E-state index contributed by atoms with van der Waals surface area (Å²) in [5, 5.41) is 0. The Labute approximate surface area is 50.6 Å². The molecule has 0 fully saturated rings. The van der Waals surface area contributed by atoms with Crippen molar-refractivity contribution in [3.05, 3.63) is 0 Å². The molecule has 0 aromatic rings. The van der Waals surface area contributed by atoms with Crippen molar-refractivity contribution in [2.45, 2.75) is 0 Å². The van der Waals surface area contributed by atoms with Gasteiger partial charge in [-0.3, -0.25) is 0 Å². The Kier molecular flexibility index (Phi) is 2.43. The summed E-state index contributed by atoms with van der Waals surface area (Å²) in [4.78, 5) is 0. The van der Waals surface area contributed by atoms with E-state index in [9.17, 15) is 0 Å². The first-order chi connectivity index (χ1) is 2.24. The zero-order valence-electron chi connectivity index (χ0n) is 3.42. The van der Waals surface area contributed by atoms with Crippen molar-refractivity contribution in [1.29, 1.82) is 0 Å². The molecule has 7 heteroatoms. The molecule has 38 valence electrons. The molecule has 0 N–H and O–H groups in total. The van der Waals surface area contributed by atoms with Crippen molar-refractivity contribution in [3.63, 3.8) is 0 Å². The van der Waals surface area contributed by atoms with E-state index in [2.05, 4.69) is 0 Å². The molecule has 0 saturated heterocycles. The van der Waals surface area contributed by atoms with Crippen LogP contribution in [0.1, 0.15) is 0 Å². The third-order valence-electron chi connectivity index (χ3n) is 0. The van der Waals surface area contributed by atoms with E-state index in [4.69, 9.17) is 19.5 Å². The second kappa shape index (κ2) is 1.65. The number of rotatable bonds is 0. The summed E-state index contributed by atoms with van der Waals surface area (Å²) in [5.74, 6) is 0. The minimum atomic E-state index is -7.51. The van der Waals surface area contributed by atoms with E-state index in [1.54, 1.807) is 0 Å². The van der Waals surface area contributed by atoms with Crippen molar-refractivity contribution in [2.75, 3.05) is 0 Å². The molecule has 0 unspecified atom stereocenters. The summed E-state index contributed by atoms with van der Waals surface area (Å²) in [7, 11) is 0. The standard InChI is InChI=1S/Li.Mn.5O/q+1;;;;;;-1. The molecule has 0 aliphatic rings. The summed E-state index contributed by atoms with van der Waals surface area (Å²) in [5.41, 5.74) is 0. The van der Waals surface area contributed by atoms with Crippen LogP contribution in [0.25, 0.3) is 0 Å². The molecule has 0 heterocycles. The van der Waals surface area contributed by atoms with Gasteiger partial charge in [-0.25, -0.2) is 0 Å². The molecule has 0 aliphatic carbocycles. The molecule has 0 radical (unpaired) electrons. The molecule has 0 rings (SSSR count). The van der Waals surface area contributed by atoms with Crippen LogP contribution in [-0.4, -0.2) is 0 Å². The van der Waals surface area contributed by atoms with Crippen molar-refractivity contribution in [3.8, 4) is 0 Å². The van der Waals surface area contributed by atoms with E-state index in [0.717, 1.165) is 0 Å². The molecule has 7 heavy (non-hydrogen) atoms. The van der Waals surface area contributed by atoms with E-state index in [-0.39, 0.29) is 18.9 Å². The van der Waals surface area contributed by atoms with Crippen LogP contribution in [0.15, 0.2) is 0 Å². The van der Waals surface area contributed by atoms with E-state index in [1.807, 2.05) is 0 Å². The Hall–Kier alpha value is 0.277. The first-order valence-corrected chi connectivity index (χ1v) is 3.18. The number of hydrogen-bond acceptors (Lipinski definition) is 5. The van der Waals surface area contributed by atoms with Gasteiger partial charge >= 0.3 is 50.2 Å². The Morgan fingerprint density at radius 1 is 1.00 bits per heavy atom. The predicted octanol–water partition coefficient (Wildman–Crippen LogP) is -4.66. The van der Waals surface area contributed by atoms with Crippen LogP contribution in [0.2, 0.25) is 0 Å². The van der Waals surface area contributed by atoms with Crippen LogP contribution < -0.4 is 23.0 Å². The molecule has 0 amide bonds. The Bertz CT molecular complexity index is 238. The number of hydrogen-bond donors (Lipinski definition) is 0. The topological polar surface area (TPSA) is 91.3 Å². The van der Waals surface area contributed by atoms with Gasteiger partial charge in [-0.2, -0.15) is 0 Å². The first-order valence-electron chi connectivity index (χ1n) is 0.772. The van der Waals surface area contributed by atoms with Crippen LogP contribution in [-0.2, 0) is 27.2 Å². The van der Waals surface area contributed by atoms with E-state index >= 15 is 0 Å². The van der Waals surface area contributed by atoms with Crippen molar-refractivity contribution >= 4 is 0 Å². The first kappa shape index (κ1) is 10.3. The second-order valence-corrected chi connectivity index (χ2v) is 2.60. The van der Waals surface area contributed by atoms with Crippen LogP contribution in [0.4, 0.5) is 0 Å². The van der Waals surface area contributed by atoms with E-state index < -0.39 is 11.8 Å². The van der Waals surface area contributed by atoms with Crippen molar-refractivity contribution in [1.82, 2.24) is 0 Å². The Morgan fingerprint density at radius 2 is 1.00 bits per heavy atom. The maximum atomic E-state index is 8.61. The van der Waals surface area contributed by atoms with Crippen LogP contribution in [0, 0.1) is 0 Å². The fourth-order valence-electron chi connectivity index (χ4n) is 0. The average Bonchev–Trinajstić information content (AvgIpc) is 0.650. The van der Waals surface area contributed by atoms with Gasteiger partial charge in [-0.15, -0.1) is 0 Å². The maximum absolute atomic E-state index is 8.61. The molecule has 0 saturated carbocycles. The quantitative estimate of drug-likeness (QED) is 0.317. The molecule has 0 aliphatic heterocycles. The molecular formula is LiMnO5. The van der Waals surface area contributed by atoms with Gasteiger partial charge in [0.25, 0.3) is 0 Å². The SMILES string of the molecule is [Li+].[O]=[Mn](=[O])(=[O])(=[O])[O-]. The summed E-state index contributed by atoms with van der Waals surface area (Å²) >= 11 is -7.51. The molecule has 5 nitrogen and oxygen atoms in total. The van der Waals surface area contributed by atoms with E-state index in [0.29, 0.717) is 0 Å². The monoisotopic (exact) mass is 142 g/mol. The van der Waals surface area contributed by atoms with Gasteiger partial charge in [0.05, 0.1) is 0 Å². The van der Waals surface area contributed by atoms with Gasteiger partial charge in [0.15, 0.2) is 0 Å². The fourth-order valence-corrected chi connectivity index (χ4v) is 0. The second-order valence-electron chi connectivity index (χ2n) is 0.630. The van der Waals surface area contributed by atoms with Gasteiger partial charge in [0.1, 0.15) is 0 Å². The average molecular weight is 142 g/mol. The van der Waals surface area contributed by atoms with E-state index in [1.165, 1.54) is 0 Å². The third kappa shape index (κ3) is 1500. The van der Waals surface area contributed by atoms with Gasteiger partial charge in [-0.1, -0.05) is 0 Å².